The second kappa shape index (κ2) is 8.81. The summed E-state index contributed by atoms with van der Waals surface area (Å²) >= 11 is 0. The van der Waals surface area contributed by atoms with Crippen molar-refractivity contribution in [3.8, 4) is 11.6 Å². The van der Waals surface area contributed by atoms with Crippen molar-refractivity contribution in [3.63, 3.8) is 0 Å². The lowest BCUT2D eigenvalue weighted by atomic mass is 9.95. The van der Waals surface area contributed by atoms with Gasteiger partial charge in [0.05, 0.1) is 6.20 Å². The van der Waals surface area contributed by atoms with Crippen molar-refractivity contribution in [2.24, 2.45) is 5.92 Å². The van der Waals surface area contributed by atoms with E-state index < -0.39 is 0 Å². The summed E-state index contributed by atoms with van der Waals surface area (Å²) in [5.74, 6) is 1.32. The molecule has 1 saturated heterocycles. The van der Waals surface area contributed by atoms with Crippen molar-refractivity contribution in [1.82, 2.24) is 30.3 Å². The first-order valence-corrected chi connectivity index (χ1v) is 9.84. The Hall–Kier alpha value is -3.29. The molecular formula is C21H24N6O2. The Kier molecular flexibility index (Phi) is 5.79. The van der Waals surface area contributed by atoms with Crippen LogP contribution in [-0.2, 0) is 13.0 Å². The van der Waals surface area contributed by atoms with E-state index in [0.717, 1.165) is 24.9 Å². The van der Waals surface area contributed by atoms with Crippen LogP contribution in [0.3, 0.4) is 0 Å². The molecule has 3 heterocycles. The number of hydrogen-bond acceptors (Lipinski definition) is 6. The molecule has 4 rings (SSSR count). The fraction of sp³-hybridized carbons (Fsp3) is 0.381. The number of nitrogens with one attached hydrogen (secondary N) is 1. The first kappa shape index (κ1) is 19.0. The van der Waals surface area contributed by atoms with Gasteiger partial charge in [-0.3, -0.25) is 4.98 Å². The largest absolute Gasteiger partial charge is 0.334 e. The fourth-order valence-electron chi connectivity index (χ4n) is 3.52. The lowest BCUT2D eigenvalue weighted by molar-refractivity contribution is 0.164. The Labute approximate surface area is 169 Å². The number of piperidine rings is 1. The third kappa shape index (κ3) is 4.96. The lowest BCUT2D eigenvalue weighted by Gasteiger charge is -2.32. The maximum atomic E-state index is 12.6. The molecule has 2 aromatic heterocycles. The van der Waals surface area contributed by atoms with Gasteiger partial charge in [-0.2, -0.15) is 4.98 Å². The van der Waals surface area contributed by atoms with Crippen LogP contribution < -0.4 is 5.32 Å². The predicted molar refractivity (Wildman–Crippen MR) is 107 cm³/mol. The summed E-state index contributed by atoms with van der Waals surface area (Å²) in [5.41, 5.74) is 2.87. The molecule has 1 N–H and O–H groups in total. The van der Waals surface area contributed by atoms with Crippen molar-refractivity contribution >= 4 is 6.03 Å². The van der Waals surface area contributed by atoms with E-state index in [1.165, 1.54) is 5.56 Å². The molecule has 1 fully saturated rings. The molecule has 1 atom stereocenters. The van der Waals surface area contributed by atoms with E-state index in [9.17, 15) is 4.79 Å². The second-order valence-electron chi connectivity index (χ2n) is 7.41. The molecule has 0 spiro atoms. The van der Waals surface area contributed by atoms with Crippen LogP contribution in [0, 0.1) is 12.8 Å². The highest BCUT2D eigenvalue weighted by Gasteiger charge is 2.25. The molecule has 8 nitrogen and oxygen atoms in total. The minimum absolute atomic E-state index is 0.0244. The number of rotatable bonds is 5. The van der Waals surface area contributed by atoms with E-state index in [2.05, 4.69) is 44.5 Å². The summed E-state index contributed by atoms with van der Waals surface area (Å²) in [5, 5.41) is 7.09. The lowest BCUT2D eigenvalue weighted by Crippen LogP contribution is -2.45. The van der Waals surface area contributed by atoms with Crippen LogP contribution >= 0.6 is 0 Å². The summed E-state index contributed by atoms with van der Waals surface area (Å²) in [6.07, 6.45) is 7.46. The van der Waals surface area contributed by atoms with Gasteiger partial charge in [-0.25, -0.2) is 9.78 Å². The van der Waals surface area contributed by atoms with E-state index in [0.29, 0.717) is 42.8 Å². The highest BCUT2D eigenvalue weighted by atomic mass is 16.5. The van der Waals surface area contributed by atoms with E-state index in [4.69, 9.17) is 4.52 Å². The molecule has 3 aromatic rings. The molecule has 0 radical (unpaired) electrons. The first-order valence-electron chi connectivity index (χ1n) is 9.84. The number of carbonyl (C=O) groups is 1. The number of urea groups is 1. The maximum Gasteiger partial charge on any atom is 0.317 e. The molecule has 0 bridgehead atoms. The zero-order valence-electron chi connectivity index (χ0n) is 16.4. The smallest absolute Gasteiger partial charge is 0.317 e. The van der Waals surface area contributed by atoms with Gasteiger partial charge in [-0.1, -0.05) is 35.0 Å². The molecule has 0 aliphatic carbocycles. The average Bonchev–Trinajstić information content (AvgIpc) is 3.22. The number of benzene rings is 1. The van der Waals surface area contributed by atoms with E-state index >= 15 is 0 Å². The van der Waals surface area contributed by atoms with Crippen LogP contribution in [0.2, 0.25) is 0 Å². The Balaban J connectivity index is 1.30. The van der Waals surface area contributed by atoms with Crippen molar-refractivity contribution in [1.29, 1.82) is 0 Å². The molecule has 1 aliphatic rings. The van der Waals surface area contributed by atoms with Crippen LogP contribution in [0.5, 0.6) is 0 Å². The van der Waals surface area contributed by atoms with Gasteiger partial charge in [0.1, 0.15) is 5.69 Å². The van der Waals surface area contributed by atoms with Crippen molar-refractivity contribution in [2.75, 3.05) is 13.1 Å². The third-order valence-electron chi connectivity index (χ3n) is 5.09. The van der Waals surface area contributed by atoms with Gasteiger partial charge >= 0.3 is 6.03 Å². The number of amides is 2. The average molecular weight is 392 g/mol. The topological polar surface area (TPSA) is 97.0 Å². The number of carbonyl (C=O) groups excluding carboxylic acids is 1. The van der Waals surface area contributed by atoms with Gasteiger partial charge in [-0.05, 0) is 31.2 Å². The van der Waals surface area contributed by atoms with Gasteiger partial charge in [0.25, 0.3) is 5.89 Å². The number of hydrogen-bond donors (Lipinski definition) is 1. The van der Waals surface area contributed by atoms with Gasteiger partial charge in [0.2, 0.25) is 0 Å². The molecule has 8 heteroatoms. The summed E-state index contributed by atoms with van der Waals surface area (Å²) < 4.78 is 5.31. The van der Waals surface area contributed by atoms with Crippen LogP contribution in [0.15, 0.2) is 47.4 Å². The molecular weight excluding hydrogens is 368 g/mol. The standard InChI is InChI=1S/C21H24N6O2/c1-15-4-6-16(7-5-15)12-24-21(28)27-10-2-3-17(14-27)11-19-25-20(29-26-19)18-13-22-8-9-23-18/h4-9,13,17H,2-3,10-12,14H2,1H3,(H,24,28). The first-order chi connectivity index (χ1) is 14.2. The van der Waals surface area contributed by atoms with Crippen molar-refractivity contribution < 1.29 is 9.32 Å². The van der Waals surface area contributed by atoms with E-state index in [1.54, 1.807) is 18.6 Å². The number of aromatic nitrogens is 4. The van der Waals surface area contributed by atoms with Crippen LogP contribution in [0.4, 0.5) is 4.79 Å². The third-order valence-corrected chi connectivity index (χ3v) is 5.09. The zero-order chi connectivity index (χ0) is 20.1. The summed E-state index contributed by atoms with van der Waals surface area (Å²) in [6.45, 7) is 4.05. The fourth-order valence-corrected chi connectivity index (χ4v) is 3.52. The van der Waals surface area contributed by atoms with Gasteiger partial charge in [-0.15, -0.1) is 0 Å². The van der Waals surface area contributed by atoms with Crippen molar-refractivity contribution in [2.45, 2.75) is 32.7 Å². The minimum Gasteiger partial charge on any atom is -0.334 e. The zero-order valence-corrected chi connectivity index (χ0v) is 16.4. The normalized spacial score (nSPS) is 16.6. The molecule has 1 aromatic carbocycles. The Morgan fingerprint density at radius 3 is 2.93 bits per heavy atom. The summed E-state index contributed by atoms with van der Waals surface area (Å²) in [6, 6.07) is 8.17. The Morgan fingerprint density at radius 2 is 2.14 bits per heavy atom. The molecule has 0 saturated carbocycles. The summed E-state index contributed by atoms with van der Waals surface area (Å²) in [4.78, 5) is 27.1. The van der Waals surface area contributed by atoms with Crippen LogP contribution in [0.1, 0.15) is 29.8 Å². The predicted octanol–water partition coefficient (Wildman–Crippen LogP) is 3.00. The maximum absolute atomic E-state index is 12.6. The Morgan fingerprint density at radius 1 is 1.28 bits per heavy atom. The van der Waals surface area contributed by atoms with Crippen molar-refractivity contribution in [3.05, 3.63) is 59.8 Å². The van der Waals surface area contributed by atoms with Crippen LogP contribution in [-0.4, -0.2) is 44.1 Å². The highest BCUT2D eigenvalue weighted by Crippen LogP contribution is 2.21. The number of likely N-dealkylation sites (tertiary alicyclic amines) is 1. The van der Waals surface area contributed by atoms with Crippen LogP contribution in [0.25, 0.3) is 11.6 Å². The Bertz CT molecular complexity index is 941. The molecule has 1 aliphatic heterocycles. The number of nitrogens with zero attached hydrogens (tertiary/aromatic N) is 5. The second-order valence-corrected chi connectivity index (χ2v) is 7.41. The monoisotopic (exact) mass is 392 g/mol. The van der Waals surface area contributed by atoms with E-state index in [-0.39, 0.29) is 6.03 Å². The molecule has 1 unspecified atom stereocenters. The van der Waals surface area contributed by atoms with E-state index in [1.807, 2.05) is 17.0 Å². The summed E-state index contributed by atoms with van der Waals surface area (Å²) in [7, 11) is 0. The highest BCUT2D eigenvalue weighted by molar-refractivity contribution is 5.74. The van der Waals surface area contributed by atoms with Gasteiger partial charge in [0, 0.05) is 38.4 Å². The minimum atomic E-state index is -0.0244. The molecule has 2 amide bonds. The SMILES string of the molecule is Cc1ccc(CNC(=O)N2CCCC(Cc3noc(-c4cnccn4)n3)C2)cc1. The van der Waals surface area contributed by atoms with Gasteiger partial charge in [0.15, 0.2) is 5.82 Å². The molecule has 29 heavy (non-hydrogen) atoms. The quantitative estimate of drug-likeness (QED) is 0.717. The van der Waals surface area contributed by atoms with Gasteiger partial charge < -0.3 is 14.7 Å². The molecule has 150 valence electrons. The number of aryl methyl sites for hydroxylation is 1.